The summed E-state index contributed by atoms with van der Waals surface area (Å²) in [5, 5.41) is 13.4. The number of thioether (sulfide) groups is 1. The van der Waals surface area contributed by atoms with Gasteiger partial charge in [0.1, 0.15) is 0 Å². The van der Waals surface area contributed by atoms with Crippen LogP contribution in [-0.4, -0.2) is 32.7 Å². The number of hydrogen-bond acceptors (Lipinski definition) is 5. The Morgan fingerprint density at radius 3 is 2.71 bits per heavy atom. The van der Waals surface area contributed by atoms with Gasteiger partial charge in [-0.3, -0.25) is 14.7 Å². The standard InChI is InChI=1S/C18H15Cl2N5O2S/c1-10(26)21-12-5-2-4-11(8-12)17-23-18(25-24-17)28-9-15(27)22-14-7-3-6-13(19)16(14)20/h2-8H,9H2,1H3,(H,21,26)(H,22,27)(H,23,24,25). The summed E-state index contributed by atoms with van der Waals surface area (Å²) in [6, 6.07) is 12.2. The van der Waals surface area contributed by atoms with Gasteiger partial charge in [0.05, 0.1) is 21.5 Å². The van der Waals surface area contributed by atoms with E-state index in [1.54, 1.807) is 36.4 Å². The van der Waals surface area contributed by atoms with Crippen molar-refractivity contribution in [3.05, 3.63) is 52.5 Å². The molecule has 0 fully saturated rings. The van der Waals surface area contributed by atoms with E-state index in [-0.39, 0.29) is 17.6 Å². The van der Waals surface area contributed by atoms with Crippen LogP contribution in [0.2, 0.25) is 10.0 Å². The van der Waals surface area contributed by atoms with Crippen molar-refractivity contribution in [2.45, 2.75) is 12.1 Å². The van der Waals surface area contributed by atoms with E-state index in [9.17, 15) is 9.59 Å². The van der Waals surface area contributed by atoms with Crippen LogP contribution in [0.5, 0.6) is 0 Å². The molecule has 2 amide bonds. The number of carbonyl (C=O) groups excluding carboxylic acids is 2. The summed E-state index contributed by atoms with van der Waals surface area (Å²) in [6.07, 6.45) is 0. The Kier molecular flexibility index (Phi) is 6.56. The number of anilines is 2. The van der Waals surface area contributed by atoms with Crippen LogP contribution in [-0.2, 0) is 9.59 Å². The molecule has 0 aliphatic heterocycles. The van der Waals surface area contributed by atoms with Crippen molar-refractivity contribution in [2.75, 3.05) is 16.4 Å². The summed E-state index contributed by atoms with van der Waals surface area (Å²) in [5.74, 6) is 0.226. The zero-order valence-electron chi connectivity index (χ0n) is 14.6. The molecule has 144 valence electrons. The van der Waals surface area contributed by atoms with Crippen LogP contribution in [0.1, 0.15) is 6.92 Å². The number of amides is 2. The first-order chi connectivity index (χ1) is 13.4. The van der Waals surface area contributed by atoms with E-state index >= 15 is 0 Å². The van der Waals surface area contributed by atoms with Crippen molar-refractivity contribution in [3.63, 3.8) is 0 Å². The number of nitrogens with zero attached hydrogens (tertiary/aromatic N) is 2. The second-order valence-corrected chi connectivity index (χ2v) is 7.39. The lowest BCUT2D eigenvalue weighted by Crippen LogP contribution is -2.14. The molecule has 0 saturated carbocycles. The topological polar surface area (TPSA) is 99.8 Å². The highest BCUT2D eigenvalue weighted by atomic mass is 35.5. The molecule has 7 nitrogen and oxygen atoms in total. The van der Waals surface area contributed by atoms with Crippen LogP contribution in [0, 0.1) is 0 Å². The molecule has 28 heavy (non-hydrogen) atoms. The van der Waals surface area contributed by atoms with Crippen LogP contribution in [0.3, 0.4) is 0 Å². The number of H-pyrrole nitrogens is 1. The number of halogens is 2. The van der Waals surface area contributed by atoms with Gasteiger partial charge in [0, 0.05) is 18.2 Å². The highest BCUT2D eigenvalue weighted by Crippen LogP contribution is 2.29. The molecule has 10 heteroatoms. The largest absolute Gasteiger partial charge is 0.326 e. The molecule has 0 aliphatic carbocycles. The molecule has 0 saturated heterocycles. The molecule has 3 aromatic rings. The normalized spacial score (nSPS) is 10.5. The molecule has 1 aromatic heterocycles. The van der Waals surface area contributed by atoms with Gasteiger partial charge in [-0.05, 0) is 24.3 Å². The van der Waals surface area contributed by atoms with E-state index in [0.717, 1.165) is 5.56 Å². The number of nitrogens with one attached hydrogen (secondary N) is 3. The number of benzene rings is 2. The van der Waals surface area contributed by atoms with E-state index < -0.39 is 0 Å². The molecule has 3 N–H and O–H groups in total. The fourth-order valence-electron chi connectivity index (χ4n) is 2.30. The Morgan fingerprint density at radius 2 is 1.93 bits per heavy atom. The zero-order valence-corrected chi connectivity index (χ0v) is 17.0. The van der Waals surface area contributed by atoms with Crippen LogP contribution in [0.15, 0.2) is 47.6 Å². The van der Waals surface area contributed by atoms with Crippen LogP contribution < -0.4 is 10.6 Å². The third-order valence-corrected chi connectivity index (χ3v) is 5.15. The molecule has 1 heterocycles. The second-order valence-electron chi connectivity index (χ2n) is 5.67. The molecule has 0 atom stereocenters. The zero-order chi connectivity index (χ0) is 20.1. The molecule has 2 aromatic carbocycles. The summed E-state index contributed by atoms with van der Waals surface area (Å²) in [5.41, 5.74) is 1.87. The second kappa shape index (κ2) is 9.09. The van der Waals surface area contributed by atoms with Crippen molar-refractivity contribution < 1.29 is 9.59 Å². The highest BCUT2D eigenvalue weighted by molar-refractivity contribution is 7.99. The molecular weight excluding hydrogens is 421 g/mol. The number of hydrogen-bond donors (Lipinski definition) is 3. The van der Waals surface area contributed by atoms with Gasteiger partial charge in [-0.2, -0.15) is 0 Å². The lowest BCUT2D eigenvalue weighted by atomic mass is 10.2. The predicted octanol–water partition coefficient (Wildman–Crippen LogP) is 4.47. The van der Waals surface area contributed by atoms with Gasteiger partial charge >= 0.3 is 0 Å². The average molecular weight is 436 g/mol. The minimum absolute atomic E-state index is 0.103. The Morgan fingerprint density at radius 1 is 1.14 bits per heavy atom. The Labute approximate surface area is 175 Å². The summed E-state index contributed by atoms with van der Waals surface area (Å²) in [4.78, 5) is 27.7. The smallest absolute Gasteiger partial charge is 0.234 e. The lowest BCUT2D eigenvalue weighted by Gasteiger charge is -2.07. The predicted molar refractivity (Wildman–Crippen MR) is 112 cm³/mol. The fourth-order valence-corrected chi connectivity index (χ4v) is 3.25. The molecule has 0 radical (unpaired) electrons. The number of aromatic amines is 1. The summed E-state index contributed by atoms with van der Waals surface area (Å²) in [7, 11) is 0. The monoisotopic (exact) mass is 435 g/mol. The van der Waals surface area contributed by atoms with Crippen molar-refractivity contribution in [3.8, 4) is 11.4 Å². The lowest BCUT2D eigenvalue weighted by molar-refractivity contribution is -0.114. The van der Waals surface area contributed by atoms with E-state index in [1.807, 2.05) is 6.07 Å². The first-order valence-electron chi connectivity index (χ1n) is 8.09. The van der Waals surface area contributed by atoms with Gasteiger partial charge in [0.15, 0.2) is 5.82 Å². The molecular formula is C18H15Cl2N5O2S. The van der Waals surface area contributed by atoms with Crippen LogP contribution in [0.4, 0.5) is 11.4 Å². The van der Waals surface area contributed by atoms with Crippen molar-refractivity contribution >= 4 is 58.2 Å². The van der Waals surface area contributed by atoms with Gasteiger partial charge in [-0.25, -0.2) is 4.98 Å². The third kappa shape index (κ3) is 5.25. The van der Waals surface area contributed by atoms with Gasteiger partial charge in [0.2, 0.25) is 17.0 Å². The molecule has 3 rings (SSSR count). The SMILES string of the molecule is CC(=O)Nc1cccc(-c2nc(SCC(=O)Nc3cccc(Cl)c3Cl)n[nH]2)c1. The maximum Gasteiger partial charge on any atom is 0.234 e. The quantitative estimate of drug-likeness (QED) is 0.496. The summed E-state index contributed by atoms with van der Waals surface area (Å²) in [6.45, 7) is 1.44. The average Bonchev–Trinajstić information content (AvgIpc) is 3.13. The van der Waals surface area contributed by atoms with Crippen molar-refractivity contribution in [2.24, 2.45) is 0 Å². The third-order valence-electron chi connectivity index (χ3n) is 3.48. The number of rotatable bonds is 6. The van der Waals surface area contributed by atoms with E-state index in [1.165, 1.54) is 18.7 Å². The Balaban J connectivity index is 1.61. The fraction of sp³-hybridized carbons (Fsp3) is 0.111. The van der Waals surface area contributed by atoms with Gasteiger partial charge in [0.25, 0.3) is 0 Å². The van der Waals surface area contributed by atoms with Gasteiger partial charge in [-0.1, -0.05) is 53.2 Å². The van der Waals surface area contributed by atoms with Gasteiger partial charge < -0.3 is 10.6 Å². The molecule has 0 aliphatic rings. The molecule has 0 bridgehead atoms. The highest BCUT2D eigenvalue weighted by Gasteiger charge is 2.12. The number of aromatic nitrogens is 3. The van der Waals surface area contributed by atoms with E-state index in [0.29, 0.717) is 32.4 Å². The minimum Gasteiger partial charge on any atom is -0.326 e. The first-order valence-corrected chi connectivity index (χ1v) is 9.83. The van der Waals surface area contributed by atoms with E-state index in [4.69, 9.17) is 23.2 Å². The first kappa shape index (κ1) is 20.2. The van der Waals surface area contributed by atoms with Crippen LogP contribution in [0.25, 0.3) is 11.4 Å². The molecule has 0 unspecified atom stereocenters. The maximum atomic E-state index is 12.1. The van der Waals surface area contributed by atoms with Crippen LogP contribution >= 0.6 is 35.0 Å². The Hall–Kier alpha value is -2.55. The number of carbonyl (C=O) groups is 2. The minimum atomic E-state index is -0.256. The summed E-state index contributed by atoms with van der Waals surface area (Å²) < 4.78 is 0. The Bertz CT molecular complexity index is 1020. The van der Waals surface area contributed by atoms with Crippen molar-refractivity contribution in [1.29, 1.82) is 0 Å². The summed E-state index contributed by atoms with van der Waals surface area (Å²) >= 11 is 13.2. The molecule has 0 spiro atoms. The van der Waals surface area contributed by atoms with E-state index in [2.05, 4.69) is 25.8 Å². The maximum absolute atomic E-state index is 12.1. The van der Waals surface area contributed by atoms with Gasteiger partial charge in [-0.15, -0.1) is 5.10 Å². The van der Waals surface area contributed by atoms with Crippen molar-refractivity contribution in [1.82, 2.24) is 15.2 Å².